The van der Waals surface area contributed by atoms with Gasteiger partial charge >= 0.3 is 0 Å². The fourth-order valence-electron chi connectivity index (χ4n) is 2.06. The Morgan fingerprint density at radius 2 is 1.95 bits per heavy atom. The minimum Gasteiger partial charge on any atom is -0.496 e. The van der Waals surface area contributed by atoms with Gasteiger partial charge in [0.05, 0.1) is 13.7 Å². The van der Waals surface area contributed by atoms with Gasteiger partial charge in [0.25, 0.3) is 0 Å². The Labute approximate surface area is 132 Å². The first-order valence-electron chi connectivity index (χ1n) is 7.58. The molecule has 0 saturated heterocycles. The van der Waals surface area contributed by atoms with E-state index in [-0.39, 0.29) is 18.4 Å². The number of methoxy groups -OCH3 is 1. The molecule has 1 N–H and O–H groups in total. The van der Waals surface area contributed by atoms with E-state index in [1.165, 1.54) is 6.92 Å². The number of nitrogens with zero attached hydrogens (tertiary/aromatic N) is 1. The largest absolute Gasteiger partial charge is 0.496 e. The van der Waals surface area contributed by atoms with Crippen LogP contribution in [0.25, 0.3) is 0 Å². The normalized spacial score (nSPS) is 10.4. The number of rotatable bonds is 8. The van der Waals surface area contributed by atoms with Crippen LogP contribution in [0.5, 0.6) is 5.75 Å². The number of amides is 2. The van der Waals surface area contributed by atoms with Crippen LogP contribution in [0.3, 0.4) is 0 Å². The molecule has 0 aliphatic heterocycles. The highest BCUT2D eigenvalue weighted by atomic mass is 16.5. The lowest BCUT2D eigenvalue weighted by molar-refractivity contribution is -0.134. The first kappa shape index (κ1) is 18.0. The molecular formula is C17H26N2O3. The van der Waals surface area contributed by atoms with Gasteiger partial charge in [0.1, 0.15) is 5.75 Å². The molecule has 1 rings (SSSR count). The second-order valence-corrected chi connectivity index (χ2v) is 5.70. The van der Waals surface area contributed by atoms with Crippen molar-refractivity contribution in [1.82, 2.24) is 10.2 Å². The molecule has 0 bridgehead atoms. The first-order valence-corrected chi connectivity index (χ1v) is 7.58. The quantitative estimate of drug-likeness (QED) is 0.797. The minimum atomic E-state index is -0.121. The predicted molar refractivity (Wildman–Crippen MR) is 86.8 cm³/mol. The molecule has 2 amide bonds. The van der Waals surface area contributed by atoms with Crippen molar-refractivity contribution in [3.05, 3.63) is 29.8 Å². The minimum absolute atomic E-state index is 0.0944. The van der Waals surface area contributed by atoms with Crippen molar-refractivity contribution < 1.29 is 14.3 Å². The Morgan fingerprint density at radius 1 is 1.27 bits per heavy atom. The molecule has 5 heteroatoms. The van der Waals surface area contributed by atoms with Crippen molar-refractivity contribution in [2.45, 2.75) is 27.2 Å². The number of benzene rings is 1. The summed E-state index contributed by atoms with van der Waals surface area (Å²) in [6, 6.07) is 7.70. The fourth-order valence-corrected chi connectivity index (χ4v) is 2.06. The van der Waals surface area contributed by atoms with Gasteiger partial charge in [-0.3, -0.25) is 9.59 Å². The zero-order valence-electron chi connectivity index (χ0n) is 13.9. The van der Waals surface area contributed by atoms with Crippen molar-refractivity contribution in [2.24, 2.45) is 5.92 Å². The summed E-state index contributed by atoms with van der Waals surface area (Å²) >= 11 is 0. The van der Waals surface area contributed by atoms with E-state index < -0.39 is 0 Å². The van der Waals surface area contributed by atoms with Crippen LogP contribution < -0.4 is 10.1 Å². The molecule has 122 valence electrons. The second kappa shape index (κ2) is 9.07. The van der Waals surface area contributed by atoms with Crippen LogP contribution >= 0.6 is 0 Å². The van der Waals surface area contributed by atoms with Gasteiger partial charge in [0.15, 0.2) is 0 Å². The van der Waals surface area contributed by atoms with Gasteiger partial charge in [-0.15, -0.1) is 0 Å². The number of nitrogens with one attached hydrogen (secondary N) is 1. The lowest BCUT2D eigenvalue weighted by atomic mass is 10.1. The van der Waals surface area contributed by atoms with E-state index in [0.29, 0.717) is 25.4 Å². The third-order valence-electron chi connectivity index (χ3n) is 3.33. The van der Waals surface area contributed by atoms with Gasteiger partial charge in [-0.25, -0.2) is 0 Å². The van der Waals surface area contributed by atoms with Crippen LogP contribution in [0.1, 0.15) is 26.3 Å². The van der Waals surface area contributed by atoms with Gasteiger partial charge in [0.2, 0.25) is 11.8 Å². The van der Waals surface area contributed by atoms with Crippen LogP contribution in [-0.2, 0) is 16.0 Å². The molecule has 0 aliphatic rings. The molecule has 0 radical (unpaired) electrons. The maximum Gasteiger partial charge on any atom is 0.239 e. The van der Waals surface area contributed by atoms with Gasteiger partial charge in [-0.2, -0.15) is 0 Å². The maximum absolute atomic E-state index is 11.9. The number of ether oxygens (including phenoxy) is 1. The number of hydrogen-bond donors (Lipinski definition) is 1. The fraction of sp³-hybridized carbons (Fsp3) is 0.529. The third-order valence-corrected chi connectivity index (χ3v) is 3.33. The Morgan fingerprint density at radius 3 is 2.55 bits per heavy atom. The van der Waals surface area contributed by atoms with E-state index in [4.69, 9.17) is 4.74 Å². The van der Waals surface area contributed by atoms with Crippen molar-refractivity contribution >= 4 is 11.8 Å². The summed E-state index contributed by atoms with van der Waals surface area (Å²) in [6.07, 6.45) is 0.654. The van der Waals surface area contributed by atoms with Gasteiger partial charge < -0.3 is 15.0 Å². The molecule has 0 aliphatic carbocycles. The highest BCUT2D eigenvalue weighted by Gasteiger charge is 2.14. The summed E-state index contributed by atoms with van der Waals surface area (Å²) in [5, 5.41) is 2.83. The molecule has 0 atom stereocenters. The SMILES string of the molecule is COc1ccccc1CCN(CC(=O)NCC(C)C)C(C)=O. The molecule has 0 heterocycles. The second-order valence-electron chi connectivity index (χ2n) is 5.70. The molecule has 0 fully saturated rings. The summed E-state index contributed by atoms with van der Waals surface area (Å²) in [5.41, 5.74) is 1.03. The average molecular weight is 306 g/mol. The molecule has 1 aromatic carbocycles. The summed E-state index contributed by atoms with van der Waals surface area (Å²) < 4.78 is 5.30. The summed E-state index contributed by atoms with van der Waals surface area (Å²) in [6.45, 7) is 6.76. The average Bonchev–Trinajstić information content (AvgIpc) is 2.49. The number of para-hydroxylation sites is 1. The van der Waals surface area contributed by atoms with E-state index in [1.54, 1.807) is 12.0 Å². The number of hydrogen-bond acceptors (Lipinski definition) is 3. The summed E-state index contributed by atoms with van der Waals surface area (Å²) in [5.74, 6) is 0.970. The molecule has 0 spiro atoms. The van der Waals surface area contributed by atoms with Gasteiger partial charge in [0, 0.05) is 20.0 Å². The van der Waals surface area contributed by atoms with Crippen molar-refractivity contribution in [2.75, 3.05) is 26.7 Å². The van der Waals surface area contributed by atoms with Crippen LogP contribution in [0.4, 0.5) is 0 Å². The highest BCUT2D eigenvalue weighted by molar-refractivity contribution is 5.83. The molecule has 0 saturated carbocycles. The molecular weight excluding hydrogens is 280 g/mol. The highest BCUT2D eigenvalue weighted by Crippen LogP contribution is 2.17. The van der Waals surface area contributed by atoms with Crippen LogP contribution in [0.15, 0.2) is 24.3 Å². The van der Waals surface area contributed by atoms with E-state index in [2.05, 4.69) is 5.32 Å². The standard InChI is InChI=1S/C17H26N2O3/c1-13(2)11-18-17(21)12-19(14(3)20)10-9-15-7-5-6-8-16(15)22-4/h5-8,13H,9-12H2,1-4H3,(H,18,21). The van der Waals surface area contributed by atoms with Crippen LogP contribution in [0.2, 0.25) is 0 Å². The topological polar surface area (TPSA) is 58.6 Å². The number of carbonyl (C=O) groups is 2. The molecule has 0 aromatic heterocycles. The molecule has 0 unspecified atom stereocenters. The zero-order chi connectivity index (χ0) is 16.5. The van der Waals surface area contributed by atoms with E-state index >= 15 is 0 Å². The molecule has 1 aromatic rings. The third kappa shape index (κ3) is 6.16. The van der Waals surface area contributed by atoms with Crippen molar-refractivity contribution in [3.63, 3.8) is 0 Å². The number of carbonyl (C=O) groups excluding carboxylic acids is 2. The maximum atomic E-state index is 11.9. The van der Waals surface area contributed by atoms with E-state index in [1.807, 2.05) is 38.1 Å². The predicted octanol–water partition coefficient (Wildman–Crippen LogP) is 1.86. The van der Waals surface area contributed by atoms with Crippen LogP contribution in [-0.4, -0.2) is 43.5 Å². The Bertz CT molecular complexity index is 500. The Hall–Kier alpha value is -2.04. The monoisotopic (exact) mass is 306 g/mol. The van der Waals surface area contributed by atoms with E-state index in [0.717, 1.165) is 11.3 Å². The first-order chi connectivity index (χ1) is 10.4. The van der Waals surface area contributed by atoms with E-state index in [9.17, 15) is 9.59 Å². The Balaban J connectivity index is 2.57. The van der Waals surface area contributed by atoms with Crippen LogP contribution in [0, 0.1) is 5.92 Å². The lowest BCUT2D eigenvalue weighted by Crippen LogP contribution is -2.41. The van der Waals surface area contributed by atoms with Gasteiger partial charge in [-0.1, -0.05) is 32.0 Å². The van der Waals surface area contributed by atoms with Gasteiger partial charge in [-0.05, 0) is 24.0 Å². The summed E-state index contributed by atoms with van der Waals surface area (Å²) in [4.78, 5) is 25.1. The smallest absolute Gasteiger partial charge is 0.239 e. The molecule has 22 heavy (non-hydrogen) atoms. The Kier molecular flexibility index (Phi) is 7.43. The van der Waals surface area contributed by atoms with Crippen molar-refractivity contribution in [3.8, 4) is 5.75 Å². The summed E-state index contributed by atoms with van der Waals surface area (Å²) in [7, 11) is 1.63. The zero-order valence-corrected chi connectivity index (χ0v) is 13.9. The van der Waals surface area contributed by atoms with Crippen molar-refractivity contribution in [1.29, 1.82) is 0 Å². The molecule has 5 nitrogen and oxygen atoms in total. The lowest BCUT2D eigenvalue weighted by Gasteiger charge is -2.21.